The zero-order valence-electron chi connectivity index (χ0n) is 21.5. The largest absolute Gasteiger partial charge is 0.490 e. The summed E-state index contributed by atoms with van der Waals surface area (Å²) < 4.78 is 84.0. The third-order valence-corrected chi connectivity index (χ3v) is 6.98. The van der Waals surface area contributed by atoms with Gasteiger partial charge in [0.1, 0.15) is 0 Å². The van der Waals surface area contributed by atoms with Gasteiger partial charge in [-0.15, -0.1) is 0 Å². The minimum absolute atomic E-state index is 0.0411. The Morgan fingerprint density at radius 1 is 1.05 bits per heavy atom. The summed E-state index contributed by atoms with van der Waals surface area (Å²) >= 11 is 0. The van der Waals surface area contributed by atoms with E-state index in [-0.39, 0.29) is 11.3 Å². The van der Waals surface area contributed by atoms with Crippen LogP contribution < -0.4 is 0 Å². The highest BCUT2D eigenvalue weighted by atomic mass is 19.4. The molecule has 1 aromatic heterocycles. The van der Waals surface area contributed by atoms with Crippen LogP contribution in [-0.2, 0) is 25.7 Å². The zero-order chi connectivity index (χ0) is 30.4. The van der Waals surface area contributed by atoms with Crippen LogP contribution >= 0.6 is 0 Å². The number of carbonyl (C=O) groups excluding carboxylic acids is 1. The first-order valence-corrected chi connectivity index (χ1v) is 12.1. The Kier molecular flexibility index (Phi) is 10.9. The van der Waals surface area contributed by atoms with E-state index in [9.17, 15) is 35.5 Å². The highest BCUT2D eigenvalue weighted by Crippen LogP contribution is 2.46. The molecule has 40 heavy (non-hydrogen) atoms. The van der Waals surface area contributed by atoms with Crippen LogP contribution in [0.5, 0.6) is 0 Å². The van der Waals surface area contributed by atoms with Gasteiger partial charge in [0.05, 0.1) is 13.2 Å². The molecule has 1 amide bonds. The van der Waals surface area contributed by atoms with E-state index in [4.69, 9.17) is 24.5 Å². The molecular formula is C24H30F7N3O6. The van der Waals surface area contributed by atoms with Gasteiger partial charge < -0.3 is 24.7 Å². The van der Waals surface area contributed by atoms with Crippen molar-refractivity contribution in [3.63, 3.8) is 0 Å². The third-order valence-electron chi connectivity index (χ3n) is 6.98. The lowest BCUT2D eigenvalue weighted by atomic mass is 9.77. The summed E-state index contributed by atoms with van der Waals surface area (Å²) in [5, 5.41) is 14.2. The summed E-state index contributed by atoms with van der Waals surface area (Å²) in [5.74, 6) is -5.41. The second kappa shape index (κ2) is 13.1. The lowest BCUT2D eigenvalue weighted by Gasteiger charge is -2.37. The van der Waals surface area contributed by atoms with Crippen molar-refractivity contribution in [3.8, 4) is 0 Å². The summed E-state index contributed by atoms with van der Waals surface area (Å²) in [7, 11) is 2.12. The molecule has 9 nitrogen and oxygen atoms in total. The summed E-state index contributed by atoms with van der Waals surface area (Å²) in [4.78, 5) is 38.6. The van der Waals surface area contributed by atoms with Crippen molar-refractivity contribution in [2.24, 2.45) is 11.3 Å². The van der Waals surface area contributed by atoms with Crippen LogP contribution in [0.1, 0.15) is 31.2 Å². The van der Waals surface area contributed by atoms with Crippen LogP contribution in [0.4, 0.5) is 30.7 Å². The van der Waals surface area contributed by atoms with Gasteiger partial charge in [0.2, 0.25) is 0 Å². The number of hydrogen-bond donors (Lipinski definition) is 2. The number of pyridine rings is 1. The normalized spacial score (nSPS) is 23.9. The molecule has 1 aromatic rings. The smallest absolute Gasteiger partial charge is 0.475 e. The summed E-state index contributed by atoms with van der Waals surface area (Å²) in [6.07, 6.45) is -4.02. The van der Waals surface area contributed by atoms with Crippen molar-refractivity contribution >= 4 is 17.8 Å². The minimum Gasteiger partial charge on any atom is -0.475 e. The molecule has 3 aliphatic rings. The number of carbonyl (C=O) groups is 3. The van der Waals surface area contributed by atoms with Crippen LogP contribution in [0.2, 0.25) is 0 Å². The van der Waals surface area contributed by atoms with Crippen molar-refractivity contribution in [3.05, 3.63) is 30.1 Å². The van der Waals surface area contributed by atoms with Gasteiger partial charge >= 0.3 is 24.3 Å². The molecule has 0 aromatic carbocycles. The number of alkyl halides is 7. The van der Waals surface area contributed by atoms with Crippen LogP contribution in [0, 0.1) is 11.3 Å². The summed E-state index contributed by atoms with van der Waals surface area (Å²) in [6, 6.07) is 3.93. The predicted molar refractivity (Wildman–Crippen MR) is 124 cm³/mol. The van der Waals surface area contributed by atoms with Gasteiger partial charge in [0.15, 0.2) is 5.67 Å². The molecule has 3 heterocycles. The standard InChI is InChI=1S/C20H28FN3O2.2C2HF3O2/c1-23-11-17(13-26-12-16-4-2-8-22-10-16)19(14-23)7-9-24(15-19)18(25)20(21)5-3-6-20;2*3-2(4,5)1(6)7/h2,4,8,10,17H,3,5-7,9,11-15H2,1H3;2*(H,6,7)/t17-,19-;;/m1../s1. The number of ether oxygens (including phenoxy) is 1. The van der Waals surface area contributed by atoms with Gasteiger partial charge in [0, 0.05) is 49.9 Å². The number of aliphatic carboxylic acids is 2. The fourth-order valence-electron chi connectivity index (χ4n) is 4.85. The number of nitrogens with zero attached hydrogens (tertiary/aromatic N) is 3. The maximum Gasteiger partial charge on any atom is 0.490 e. The van der Waals surface area contributed by atoms with Crippen LogP contribution in [0.25, 0.3) is 0 Å². The second-order valence-corrected chi connectivity index (χ2v) is 10.0. The number of carboxylic acid groups (broad SMARTS) is 2. The van der Waals surface area contributed by atoms with Crippen molar-refractivity contribution in [2.45, 2.75) is 50.3 Å². The first-order chi connectivity index (χ1) is 18.4. The minimum atomic E-state index is -5.08. The molecule has 2 atom stereocenters. The molecular weight excluding hydrogens is 559 g/mol. The average molecular weight is 590 g/mol. The quantitative estimate of drug-likeness (QED) is 0.501. The van der Waals surface area contributed by atoms with E-state index in [2.05, 4.69) is 16.9 Å². The molecule has 1 saturated carbocycles. The molecule has 4 rings (SSSR count). The first kappa shape index (κ1) is 33.2. The molecule has 226 valence electrons. The monoisotopic (exact) mass is 589 g/mol. The summed E-state index contributed by atoms with van der Waals surface area (Å²) in [5.41, 5.74) is -0.470. The van der Waals surface area contributed by atoms with Crippen molar-refractivity contribution in [1.82, 2.24) is 14.8 Å². The maximum absolute atomic E-state index is 14.6. The molecule has 1 spiro atoms. The number of hydrogen-bond acceptors (Lipinski definition) is 6. The van der Waals surface area contributed by atoms with Crippen molar-refractivity contribution in [2.75, 3.05) is 39.8 Å². The Labute approximate surface area is 224 Å². The van der Waals surface area contributed by atoms with Crippen LogP contribution in [0.3, 0.4) is 0 Å². The number of aromatic nitrogens is 1. The first-order valence-electron chi connectivity index (χ1n) is 12.1. The van der Waals surface area contributed by atoms with E-state index >= 15 is 0 Å². The van der Waals surface area contributed by atoms with Gasteiger partial charge in [0.25, 0.3) is 5.91 Å². The van der Waals surface area contributed by atoms with Gasteiger partial charge in [-0.2, -0.15) is 26.3 Å². The second-order valence-electron chi connectivity index (χ2n) is 10.0. The Morgan fingerprint density at radius 3 is 2.08 bits per heavy atom. The molecule has 0 bridgehead atoms. The highest BCUT2D eigenvalue weighted by molar-refractivity contribution is 5.86. The molecule has 0 unspecified atom stereocenters. The van der Waals surface area contributed by atoms with Crippen molar-refractivity contribution < 1.29 is 60.1 Å². The zero-order valence-corrected chi connectivity index (χ0v) is 21.5. The Hall–Kier alpha value is -3.01. The topological polar surface area (TPSA) is 120 Å². The van der Waals surface area contributed by atoms with Gasteiger partial charge in [-0.25, -0.2) is 14.0 Å². The fraction of sp³-hybridized carbons (Fsp3) is 0.667. The van der Waals surface area contributed by atoms with Crippen molar-refractivity contribution in [1.29, 1.82) is 0 Å². The SMILES string of the molecule is CN1C[C@H](COCc2cccnc2)[C@]2(CCN(C(=O)C3(F)CCC3)C2)C1.O=C(O)C(F)(F)F.O=C(O)C(F)(F)F. The Bertz CT molecular complexity index is 996. The van der Waals surface area contributed by atoms with Crippen LogP contribution in [0.15, 0.2) is 24.5 Å². The maximum atomic E-state index is 14.6. The molecule has 0 radical (unpaired) electrons. The van der Waals surface area contributed by atoms with E-state index in [1.807, 2.05) is 18.3 Å². The number of rotatable bonds is 5. The fourth-order valence-corrected chi connectivity index (χ4v) is 4.85. The van der Waals surface area contributed by atoms with E-state index < -0.39 is 30.0 Å². The van der Waals surface area contributed by atoms with E-state index in [1.165, 1.54) is 0 Å². The Balaban J connectivity index is 0.000000333. The Morgan fingerprint density at radius 2 is 1.62 bits per heavy atom. The van der Waals surface area contributed by atoms with Gasteiger partial charge in [-0.05, 0) is 44.4 Å². The molecule has 2 N–H and O–H groups in total. The predicted octanol–water partition coefficient (Wildman–Crippen LogP) is 3.54. The van der Waals surface area contributed by atoms with E-state index in [1.54, 1.807) is 11.1 Å². The third kappa shape index (κ3) is 9.01. The lowest BCUT2D eigenvalue weighted by Crippen LogP contribution is -2.50. The molecule has 16 heteroatoms. The molecule has 2 aliphatic heterocycles. The number of carboxylic acids is 2. The van der Waals surface area contributed by atoms with E-state index in [0.29, 0.717) is 45.1 Å². The number of halogens is 7. The van der Waals surface area contributed by atoms with Gasteiger partial charge in [-0.1, -0.05) is 6.07 Å². The van der Waals surface area contributed by atoms with E-state index in [0.717, 1.165) is 31.5 Å². The lowest BCUT2D eigenvalue weighted by molar-refractivity contribution is -0.193. The highest BCUT2D eigenvalue weighted by Gasteiger charge is 2.54. The average Bonchev–Trinajstić information content (AvgIpc) is 3.39. The number of likely N-dealkylation sites (tertiary alicyclic amines) is 2. The molecule has 3 fully saturated rings. The molecule has 2 saturated heterocycles. The molecule has 1 aliphatic carbocycles. The summed E-state index contributed by atoms with van der Waals surface area (Å²) in [6.45, 7) is 4.50. The van der Waals surface area contributed by atoms with Gasteiger partial charge in [-0.3, -0.25) is 9.78 Å². The van der Waals surface area contributed by atoms with Crippen LogP contribution in [-0.4, -0.2) is 101 Å². The number of amides is 1.